The summed E-state index contributed by atoms with van der Waals surface area (Å²) in [6.45, 7) is 6.28. The number of nitrogens with zero attached hydrogens (tertiary/aromatic N) is 1. The van der Waals surface area contributed by atoms with Crippen molar-refractivity contribution in [3.63, 3.8) is 0 Å². The summed E-state index contributed by atoms with van der Waals surface area (Å²) in [7, 11) is 0. The summed E-state index contributed by atoms with van der Waals surface area (Å²) < 4.78 is 28.3. The molecule has 1 N–H and O–H groups in total. The van der Waals surface area contributed by atoms with Gasteiger partial charge in [0.25, 0.3) is 0 Å². The highest BCUT2D eigenvalue weighted by molar-refractivity contribution is 9.10. The first kappa shape index (κ1) is 15.9. The van der Waals surface area contributed by atoms with Crippen molar-refractivity contribution in [3.8, 4) is 0 Å². The van der Waals surface area contributed by atoms with Crippen LogP contribution in [0.2, 0.25) is 0 Å². The fraction of sp³-hybridized carbons (Fsp3) is 0.600. The summed E-state index contributed by atoms with van der Waals surface area (Å²) in [4.78, 5) is 2.12. The second kappa shape index (κ2) is 6.96. The van der Waals surface area contributed by atoms with Gasteiger partial charge in [-0.1, -0.05) is 0 Å². The van der Waals surface area contributed by atoms with Gasteiger partial charge < -0.3 is 5.32 Å². The molecule has 0 radical (unpaired) electrons. The molecule has 1 aliphatic rings. The van der Waals surface area contributed by atoms with Gasteiger partial charge in [0.2, 0.25) is 0 Å². The number of halogens is 3. The predicted molar refractivity (Wildman–Crippen MR) is 80.6 cm³/mol. The maximum atomic E-state index is 14.1. The smallest absolute Gasteiger partial charge is 0.144 e. The lowest BCUT2D eigenvalue weighted by molar-refractivity contribution is 0.189. The van der Waals surface area contributed by atoms with Gasteiger partial charge in [0, 0.05) is 30.7 Å². The van der Waals surface area contributed by atoms with Gasteiger partial charge in [-0.05, 0) is 61.3 Å². The van der Waals surface area contributed by atoms with Crippen molar-refractivity contribution >= 4 is 15.9 Å². The third-order valence-corrected chi connectivity index (χ3v) is 4.46. The van der Waals surface area contributed by atoms with Crippen LogP contribution in [0.15, 0.2) is 16.6 Å². The van der Waals surface area contributed by atoms with Crippen molar-refractivity contribution in [2.75, 3.05) is 13.1 Å². The Labute approximate surface area is 127 Å². The molecule has 0 amide bonds. The van der Waals surface area contributed by atoms with E-state index in [0.29, 0.717) is 17.1 Å². The SMILES string of the molecule is CC(C)N(Cc1c(F)ccc(Br)c1F)CC1CCCN1. The van der Waals surface area contributed by atoms with Crippen molar-refractivity contribution in [3.05, 3.63) is 33.8 Å². The minimum Gasteiger partial charge on any atom is -0.313 e. The van der Waals surface area contributed by atoms with Crippen molar-refractivity contribution in [2.24, 2.45) is 0 Å². The van der Waals surface area contributed by atoms with Gasteiger partial charge in [-0.2, -0.15) is 0 Å². The van der Waals surface area contributed by atoms with Crippen LogP contribution in [0.5, 0.6) is 0 Å². The van der Waals surface area contributed by atoms with E-state index in [2.05, 4.69) is 40.0 Å². The second-order valence-corrected chi connectivity index (χ2v) is 6.49. The molecule has 1 aromatic rings. The molecule has 0 aliphatic carbocycles. The average molecular weight is 347 g/mol. The van der Waals surface area contributed by atoms with E-state index in [9.17, 15) is 8.78 Å². The van der Waals surface area contributed by atoms with Crippen LogP contribution in [-0.4, -0.2) is 30.1 Å². The maximum Gasteiger partial charge on any atom is 0.144 e. The highest BCUT2D eigenvalue weighted by Gasteiger charge is 2.22. The average Bonchev–Trinajstić information content (AvgIpc) is 2.90. The Morgan fingerprint density at radius 3 is 2.75 bits per heavy atom. The lowest BCUT2D eigenvalue weighted by Gasteiger charge is -2.29. The van der Waals surface area contributed by atoms with E-state index in [4.69, 9.17) is 0 Å². The van der Waals surface area contributed by atoms with E-state index in [1.54, 1.807) is 0 Å². The molecular weight excluding hydrogens is 326 g/mol. The molecule has 1 atom stereocenters. The molecule has 5 heteroatoms. The third-order valence-electron chi connectivity index (χ3n) is 3.85. The van der Waals surface area contributed by atoms with E-state index in [-0.39, 0.29) is 11.6 Å². The molecule has 0 saturated carbocycles. The highest BCUT2D eigenvalue weighted by atomic mass is 79.9. The molecule has 0 spiro atoms. The summed E-state index contributed by atoms with van der Waals surface area (Å²) in [5.74, 6) is -0.967. The number of benzene rings is 1. The summed E-state index contributed by atoms with van der Waals surface area (Å²) in [6.07, 6.45) is 2.31. The summed E-state index contributed by atoms with van der Waals surface area (Å²) in [5, 5.41) is 3.43. The highest BCUT2D eigenvalue weighted by Crippen LogP contribution is 2.24. The Kier molecular flexibility index (Phi) is 5.52. The number of hydrogen-bond donors (Lipinski definition) is 1. The zero-order valence-corrected chi connectivity index (χ0v) is 13.5. The standard InChI is InChI=1S/C15H21BrF2N2/c1-10(2)20(8-11-4-3-7-19-11)9-12-14(17)6-5-13(16)15(12)18/h5-6,10-11,19H,3-4,7-9H2,1-2H3. The minimum absolute atomic E-state index is 0.145. The van der Waals surface area contributed by atoms with Crippen LogP contribution in [0.25, 0.3) is 0 Å². The van der Waals surface area contributed by atoms with E-state index in [1.165, 1.54) is 18.6 Å². The molecule has 112 valence electrons. The molecular formula is C15H21BrF2N2. The maximum absolute atomic E-state index is 14.1. The van der Waals surface area contributed by atoms with Gasteiger partial charge in [-0.15, -0.1) is 0 Å². The van der Waals surface area contributed by atoms with Crippen LogP contribution >= 0.6 is 15.9 Å². The fourth-order valence-corrected chi connectivity index (χ4v) is 2.94. The van der Waals surface area contributed by atoms with Gasteiger partial charge in [0.15, 0.2) is 0 Å². The van der Waals surface area contributed by atoms with Gasteiger partial charge in [-0.25, -0.2) is 8.78 Å². The molecule has 1 aliphatic heterocycles. The second-order valence-electron chi connectivity index (χ2n) is 5.64. The van der Waals surface area contributed by atoms with E-state index in [1.807, 2.05) is 0 Å². The molecule has 2 rings (SSSR count). The van der Waals surface area contributed by atoms with Crippen LogP contribution < -0.4 is 5.32 Å². The Balaban J connectivity index is 2.13. The molecule has 1 unspecified atom stereocenters. The molecule has 0 aromatic heterocycles. The lowest BCUT2D eigenvalue weighted by atomic mass is 10.1. The lowest BCUT2D eigenvalue weighted by Crippen LogP contribution is -2.41. The third kappa shape index (κ3) is 3.77. The van der Waals surface area contributed by atoms with Crippen molar-refractivity contribution in [2.45, 2.75) is 45.3 Å². The molecule has 2 nitrogen and oxygen atoms in total. The number of rotatable bonds is 5. The van der Waals surface area contributed by atoms with Gasteiger partial charge >= 0.3 is 0 Å². The summed E-state index contributed by atoms with van der Waals surface area (Å²) >= 11 is 3.12. The van der Waals surface area contributed by atoms with Crippen molar-refractivity contribution in [1.29, 1.82) is 0 Å². The molecule has 1 saturated heterocycles. The topological polar surface area (TPSA) is 15.3 Å². The van der Waals surface area contributed by atoms with Crippen LogP contribution in [0, 0.1) is 11.6 Å². The fourth-order valence-electron chi connectivity index (χ4n) is 2.57. The Morgan fingerprint density at radius 2 is 2.15 bits per heavy atom. The van der Waals surface area contributed by atoms with E-state index in [0.717, 1.165) is 19.5 Å². The Hall–Kier alpha value is -0.520. The molecule has 1 aromatic carbocycles. The monoisotopic (exact) mass is 346 g/mol. The van der Waals surface area contributed by atoms with Crippen LogP contribution in [-0.2, 0) is 6.54 Å². The molecule has 0 bridgehead atoms. The van der Waals surface area contributed by atoms with Gasteiger partial charge in [0.05, 0.1) is 4.47 Å². The van der Waals surface area contributed by atoms with E-state index < -0.39 is 11.6 Å². The summed E-state index contributed by atoms with van der Waals surface area (Å²) in [5.41, 5.74) is 0.145. The Bertz CT molecular complexity index is 459. The summed E-state index contributed by atoms with van der Waals surface area (Å²) in [6, 6.07) is 3.40. The van der Waals surface area contributed by atoms with Gasteiger partial charge in [0.1, 0.15) is 11.6 Å². The predicted octanol–water partition coefficient (Wildman–Crippen LogP) is 3.69. The number of nitrogens with one attached hydrogen (secondary N) is 1. The van der Waals surface area contributed by atoms with Crippen LogP contribution in [0.3, 0.4) is 0 Å². The minimum atomic E-state index is -0.491. The molecule has 1 fully saturated rings. The van der Waals surface area contributed by atoms with Crippen LogP contribution in [0.4, 0.5) is 8.78 Å². The molecule has 1 heterocycles. The first-order chi connectivity index (χ1) is 9.49. The van der Waals surface area contributed by atoms with Gasteiger partial charge in [-0.3, -0.25) is 4.90 Å². The first-order valence-electron chi connectivity index (χ1n) is 7.09. The quantitative estimate of drug-likeness (QED) is 0.818. The Morgan fingerprint density at radius 1 is 1.40 bits per heavy atom. The normalized spacial score (nSPS) is 19.2. The number of hydrogen-bond acceptors (Lipinski definition) is 2. The molecule has 20 heavy (non-hydrogen) atoms. The first-order valence-corrected chi connectivity index (χ1v) is 7.88. The van der Waals surface area contributed by atoms with E-state index >= 15 is 0 Å². The van der Waals surface area contributed by atoms with Crippen molar-refractivity contribution < 1.29 is 8.78 Å². The zero-order valence-electron chi connectivity index (χ0n) is 11.9. The van der Waals surface area contributed by atoms with Crippen molar-refractivity contribution in [1.82, 2.24) is 10.2 Å². The largest absolute Gasteiger partial charge is 0.313 e. The van der Waals surface area contributed by atoms with Crippen LogP contribution in [0.1, 0.15) is 32.3 Å². The zero-order chi connectivity index (χ0) is 14.7.